The predicted octanol–water partition coefficient (Wildman–Crippen LogP) is 2.80. The van der Waals surface area contributed by atoms with Gasteiger partial charge in [-0.25, -0.2) is 0 Å². The Kier molecular flexibility index (Phi) is 14.4. The first-order valence-corrected chi connectivity index (χ1v) is 17.3. The molecule has 228 valence electrons. The second kappa shape index (κ2) is 17.2. The van der Waals surface area contributed by atoms with E-state index in [0.717, 1.165) is 57.7 Å². The molecule has 1 aliphatic heterocycles. The minimum Gasteiger partial charge on any atom is -1.00 e. The van der Waals surface area contributed by atoms with Crippen LogP contribution in [0.3, 0.4) is 0 Å². The number of aromatic nitrogens is 1. The third kappa shape index (κ3) is 8.00. The van der Waals surface area contributed by atoms with Crippen LogP contribution in [0.15, 0.2) is 67.8 Å². The molecule has 3 aromatic rings. The van der Waals surface area contributed by atoms with Gasteiger partial charge >= 0.3 is 0 Å². The fourth-order valence-electron chi connectivity index (χ4n) is 4.63. The molecule has 42 heavy (non-hydrogen) atoms. The molecule has 1 aromatic heterocycles. The maximum absolute atomic E-state index is 9.80. The summed E-state index contributed by atoms with van der Waals surface area (Å²) in [4.78, 5) is 5.40. The van der Waals surface area contributed by atoms with E-state index in [1.807, 2.05) is 24.6 Å². The molecule has 12 heteroatoms. The summed E-state index contributed by atoms with van der Waals surface area (Å²) in [5.41, 5.74) is 3.13. The lowest BCUT2D eigenvalue weighted by Crippen LogP contribution is -3.00. The zero-order valence-corrected chi connectivity index (χ0v) is 29.6. The van der Waals surface area contributed by atoms with Crippen LogP contribution < -0.4 is 42.9 Å². The van der Waals surface area contributed by atoms with Gasteiger partial charge < -0.3 is 53.7 Å². The molecule has 0 saturated carbocycles. The fraction of sp³-hybridized carbons (Fsp3) is 0.367. The normalized spacial score (nSPS) is 14.2. The highest BCUT2D eigenvalue weighted by Gasteiger charge is 2.27. The topological polar surface area (TPSA) is 86.3 Å². The van der Waals surface area contributed by atoms with E-state index in [1.54, 1.807) is 60.8 Å². The summed E-state index contributed by atoms with van der Waals surface area (Å²) < 4.78 is 14.5. The first-order valence-electron chi connectivity index (χ1n) is 13.2. The molecule has 7 nitrogen and oxygen atoms in total. The average molecular weight is 761 g/mol. The van der Waals surface area contributed by atoms with Crippen LogP contribution in [0, 0.1) is 0 Å². The van der Waals surface area contributed by atoms with Crippen LogP contribution >= 0.6 is 46.6 Å². The lowest BCUT2D eigenvalue weighted by atomic mass is 10.1. The number of allylic oxidation sites excluding steroid dienone is 4. The molecule has 0 atom stereocenters. The molecule has 0 spiro atoms. The van der Waals surface area contributed by atoms with Crippen molar-refractivity contribution in [2.75, 3.05) is 58.0 Å². The van der Waals surface area contributed by atoms with E-state index in [0.29, 0.717) is 25.9 Å². The Morgan fingerprint density at radius 2 is 1.69 bits per heavy atom. The molecule has 0 fully saturated rings. The predicted molar refractivity (Wildman–Crippen MR) is 174 cm³/mol. The minimum absolute atomic E-state index is 0. The summed E-state index contributed by atoms with van der Waals surface area (Å²) in [7, 11) is 3.36. The Labute approximate surface area is 281 Å². The summed E-state index contributed by atoms with van der Waals surface area (Å²) in [6.07, 6.45) is 13.8. The van der Waals surface area contributed by atoms with E-state index < -0.39 is 0 Å². The standard InChI is InChI=1S/C30H37N2O5S4.HI/c1-36-23-16-21-25(18-27(23)38-3)40-29(31(21)11-14-34)9-7-20(6-5-13-33)8-10-30-32(12-15-35)22-17-24(37-2)28(39-4)19-26(22)41-30;/h7-10,16-19,33-35H,5-6,11-15H2,1-4H3;1H/q+1;/p-1. The molecule has 1 aliphatic rings. The third-order valence-electron chi connectivity index (χ3n) is 6.62. The van der Waals surface area contributed by atoms with Gasteiger partial charge in [0.1, 0.15) is 22.8 Å². The number of aliphatic hydroxyl groups is 3. The maximum atomic E-state index is 9.80. The van der Waals surface area contributed by atoms with Crippen molar-refractivity contribution in [3.8, 4) is 11.5 Å². The highest BCUT2D eigenvalue weighted by Crippen LogP contribution is 2.49. The van der Waals surface area contributed by atoms with E-state index >= 15 is 0 Å². The van der Waals surface area contributed by atoms with Crippen molar-refractivity contribution < 1.29 is 53.3 Å². The van der Waals surface area contributed by atoms with Crippen molar-refractivity contribution in [3.05, 3.63) is 58.1 Å². The average Bonchev–Trinajstić information content (AvgIpc) is 3.51. The van der Waals surface area contributed by atoms with Gasteiger partial charge in [-0.05, 0) is 49.1 Å². The Morgan fingerprint density at radius 3 is 2.33 bits per heavy atom. The van der Waals surface area contributed by atoms with Crippen LogP contribution in [0.25, 0.3) is 16.3 Å². The second-order valence-electron chi connectivity index (χ2n) is 9.05. The van der Waals surface area contributed by atoms with Crippen LogP contribution in [-0.2, 0) is 6.54 Å². The van der Waals surface area contributed by atoms with Crippen molar-refractivity contribution in [1.29, 1.82) is 0 Å². The number of ether oxygens (including phenoxy) is 2. The Hall–Kier alpha value is -1.39. The Bertz CT molecular complexity index is 1460. The van der Waals surface area contributed by atoms with Gasteiger partial charge in [0.15, 0.2) is 6.54 Å². The number of β-amino-alcohol motifs (C(OH)–C–C–N with tert-alkyl or cyclic N) is 1. The van der Waals surface area contributed by atoms with Gasteiger partial charge in [-0.3, -0.25) is 0 Å². The Balaban J connectivity index is 0.00000484. The summed E-state index contributed by atoms with van der Waals surface area (Å²) >= 11 is 6.65. The van der Waals surface area contributed by atoms with Crippen molar-refractivity contribution in [3.63, 3.8) is 0 Å². The number of anilines is 1. The van der Waals surface area contributed by atoms with Crippen molar-refractivity contribution in [2.24, 2.45) is 0 Å². The first kappa shape index (κ1) is 35.1. The number of hydrogen-bond acceptors (Lipinski definition) is 10. The van der Waals surface area contributed by atoms with Crippen LogP contribution in [-0.4, -0.2) is 68.4 Å². The molecular weight excluding hydrogens is 724 g/mol. The van der Waals surface area contributed by atoms with Crippen LogP contribution in [0.4, 0.5) is 5.69 Å². The van der Waals surface area contributed by atoms with Crippen LogP contribution in [0.2, 0.25) is 0 Å². The van der Waals surface area contributed by atoms with Gasteiger partial charge in [-0.1, -0.05) is 35.3 Å². The minimum atomic E-state index is 0. The molecule has 4 rings (SSSR count). The van der Waals surface area contributed by atoms with Crippen LogP contribution in [0.1, 0.15) is 17.8 Å². The first-order chi connectivity index (χ1) is 20.0. The monoisotopic (exact) mass is 760 g/mol. The summed E-state index contributed by atoms with van der Waals surface area (Å²) in [5, 5.41) is 31.2. The van der Waals surface area contributed by atoms with E-state index in [9.17, 15) is 15.3 Å². The van der Waals surface area contributed by atoms with Crippen molar-refractivity contribution in [1.82, 2.24) is 0 Å². The summed E-state index contributed by atoms with van der Waals surface area (Å²) in [6, 6.07) is 8.37. The van der Waals surface area contributed by atoms with Gasteiger partial charge in [0.05, 0.1) is 47.4 Å². The molecule has 3 N–H and O–H groups in total. The van der Waals surface area contributed by atoms with Gasteiger partial charge in [0.25, 0.3) is 5.01 Å². The molecule has 0 saturated heterocycles. The molecule has 0 amide bonds. The largest absolute Gasteiger partial charge is 1.00 e. The van der Waals surface area contributed by atoms with Gasteiger partial charge in [0, 0.05) is 30.2 Å². The molecule has 0 radical (unpaired) electrons. The number of fused-ring (bicyclic) bond motifs is 2. The highest BCUT2D eigenvalue weighted by atomic mass is 127. The summed E-state index contributed by atoms with van der Waals surface area (Å²) in [6.45, 7) is 1.14. The number of rotatable bonds is 14. The number of halogens is 1. The maximum Gasteiger partial charge on any atom is 0.262 e. The van der Waals surface area contributed by atoms with Gasteiger partial charge in [0.2, 0.25) is 5.52 Å². The number of aliphatic hydroxyl groups excluding tert-OH is 3. The summed E-state index contributed by atoms with van der Waals surface area (Å²) in [5.74, 6) is 1.65. The molecule has 0 unspecified atom stereocenters. The SMILES string of the molecule is COc1cc2c(cc1SC)S/C(=C/C=C(/C=C/c1sc3cc(SC)c(OC)cc3[n+]1CCO)CCCO)N2CCO.[I-]. The van der Waals surface area contributed by atoms with Crippen LogP contribution in [0.5, 0.6) is 11.5 Å². The van der Waals surface area contributed by atoms with Crippen molar-refractivity contribution >= 4 is 68.6 Å². The van der Waals surface area contributed by atoms with E-state index in [4.69, 9.17) is 9.47 Å². The van der Waals surface area contributed by atoms with E-state index in [2.05, 4.69) is 45.9 Å². The zero-order valence-electron chi connectivity index (χ0n) is 24.1. The zero-order chi connectivity index (χ0) is 29.4. The van der Waals surface area contributed by atoms with Gasteiger partial charge in [-0.2, -0.15) is 4.57 Å². The van der Waals surface area contributed by atoms with Gasteiger partial charge in [-0.15, -0.1) is 23.5 Å². The Morgan fingerprint density at radius 1 is 0.976 bits per heavy atom. The number of hydrogen-bond donors (Lipinski definition) is 3. The lowest BCUT2D eigenvalue weighted by molar-refractivity contribution is -0.670. The molecule has 2 aromatic carbocycles. The molecule has 0 bridgehead atoms. The fourth-order valence-corrected chi connectivity index (χ4v) is 8.16. The number of nitrogens with zero attached hydrogens (tertiary/aromatic N) is 2. The third-order valence-corrected chi connectivity index (χ3v) is 10.4. The van der Waals surface area contributed by atoms with E-state index in [1.165, 1.54) is 0 Å². The van der Waals surface area contributed by atoms with E-state index in [-0.39, 0.29) is 43.8 Å². The number of thiazole rings is 1. The highest BCUT2D eigenvalue weighted by molar-refractivity contribution is 8.03. The number of thioether (sulfide) groups is 3. The second-order valence-corrected chi connectivity index (χ2v) is 12.9. The molecule has 2 heterocycles. The number of benzene rings is 2. The smallest absolute Gasteiger partial charge is 0.262 e. The molecule has 0 aliphatic carbocycles. The lowest BCUT2D eigenvalue weighted by Gasteiger charge is -2.20. The number of methoxy groups -OCH3 is 2. The quantitative estimate of drug-likeness (QED) is 0.0996. The molecular formula is C30H37IN2O5S4. The van der Waals surface area contributed by atoms with Crippen molar-refractivity contribution in [2.45, 2.75) is 34.1 Å².